The number of rotatable bonds is 5. The summed E-state index contributed by atoms with van der Waals surface area (Å²) in [4.78, 5) is 21.1. The van der Waals surface area contributed by atoms with E-state index in [1.54, 1.807) is 0 Å². The third kappa shape index (κ3) is 3.60. The standard InChI is InChI=1S/C14H28N4O/c1-4-17-9-6-13-12-16(8-5-7-15(2)3)10-11-18(13)14(17)19/h13H,4-12H2,1-3H3/t13-/m1/s1. The lowest BCUT2D eigenvalue weighted by Crippen LogP contribution is -2.62. The molecule has 2 heterocycles. The molecule has 110 valence electrons. The Morgan fingerprint density at radius 2 is 2.05 bits per heavy atom. The zero-order chi connectivity index (χ0) is 13.8. The fourth-order valence-corrected chi connectivity index (χ4v) is 3.11. The predicted molar refractivity (Wildman–Crippen MR) is 77.4 cm³/mol. The second-order valence-corrected chi connectivity index (χ2v) is 5.96. The fourth-order valence-electron chi connectivity index (χ4n) is 3.11. The van der Waals surface area contributed by atoms with E-state index < -0.39 is 0 Å². The number of carbonyl (C=O) groups is 1. The number of amides is 2. The average molecular weight is 268 g/mol. The lowest BCUT2D eigenvalue weighted by Gasteiger charge is -2.47. The number of fused-ring (bicyclic) bond motifs is 1. The minimum absolute atomic E-state index is 0.256. The van der Waals surface area contributed by atoms with E-state index in [0.717, 1.165) is 52.2 Å². The third-order valence-electron chi connectivity index (χ3n) is 4.28. The normalized spacial score (nSPS) is 25.1. The van der Waals surface area contributed by atoms with E-state index in [9.17, 15) is 4.79 Å². The van der Waals surface area contributed by atoms with Crippen LogP contribution in [0.4, 0.5) is 4.79 Å². The predicted octanol–water partition coefficient (Wildman–Crippen LogP) is 0.770. The summed E-state index contributed by atoms with van der Waals surface area (Å²) in [6.07, 6.45) is 2.35. The highest BCUT2D eigenvalue weighted by molar-refractivity contribution is 5.75. The minimum Gasteiger partial charge on any atom is -0.325 e. The molecule has 2 aliphatic rings. The van der Waals surface area contributed by atoms with Crippen LogP contribution < -0.4 is 0 Å². The molecule has 2 saturated heterocycles. The van der Waals surface area contributed by atoms with E-state index >= 15 is 0 Å². The van der Waals surface area contributed by atoms with Gasteiger partial charge in [0.15, 0.2) is 0 Å². The first-order valence-electron chi connectivity index (χ1n) is 7.54. The van der Waals surface area contributed by atoms with Crippen molar-refractivity contribution in [3.8, 4) is 0 Å². The number of hydrogen-bond acceptors (Lipinski definition) is 3. The summed E-state index contributed by atoms with van der Waals surface area (Å²) in [7, 11) is 4.24. The molecule has 2 amide bonds. The van der Waals surface area contributed by atoms with Gasteiger partial charge in [0, 0.05) is 38.8 Å². The Labute approximate surface area is 117 Å². The summed E-state index contributed by atoms with van der Waals surface area (Å²) in [6.45, 7) is 9.15. The van der Waals surface area contributed by atoms with E-state index in [4.69, 9.17) is 0 Å². The number of hydrogen-bond donors (Lipinski definition) is 0. The summed E-state index contributed by atoms with van der Waals surface area (Å²) in [5.74, 6) is 0. The third-order valence-corrected chi connectivity index (χ3v) is 4.28. The molecule has 0 bridgehead atoms. The Balaban J connectivity index is 1.80. The van der Waals surface area contributed by atoms with Crippen molar-refractivity contribution >= 4 is 6.03 Å². The molecule has 5 nitrogen and oxygen atoms in total. The van der Waals surface area contributed by atoms with Crippen molar-refractivity contribution in [2.75, 3.05) is 59.9 Å². The molecule has 0 aromatic heterocycles. The van der Waals surface area contributed by atoms with Gasteiger partial charge < -0.3 is 14.7 Å². The maximum Gasteiger partial charge on any atom is 0.320 e. The van der Waals surface area contributed by atoms with Gasteiger partial charge in [-0.25, -0.2) is 4.79 Å². The SMILES string of the molecule is CCN1CC[C@@H]2CN(CCCN(C)C)CCN2C1=O. The van der Waals surface area contributed by atoms with Gasteiger partial charge in [0.05, 0.1) is 0 Å². The van der Waals surface area contributed by atoms with Crippen LogP contribution in [0.2, 0.25) is 0 Å². The molecular formula is C14H28N4O. The van der Waals surface area contributed by atoms with E-state index in [0.29, 0.717) is 6.04 Å². The van der Waals surface area contributed by atoms with Gasteiger partial charge >= 0.3 is 6.03 Å². The summed E-state index contributed by atoms with van der Waals surface area (Å²) in [5.41, 5.74) is 0. The van der Waals surface area contributed by atoms with E-state index in [-0.39, 0.29) is 6.03 Å². The molecule has 0 radical (unpaired) electrons. The molecule has 0 unspecified atom stereocenters. The fraction of sp³-hybridized carbons (Fsp3) is 0.929. The summed E-state index contributed by atoms with van der Waals surface area (Å²) < 4.78 is 0. The van der Waals surface area contributed by atoms with Gasteiger partial charge in [0.2, 0.25) is 0 Å². The van der Waals surface area contributed by atoms with E-state index in [1.165, 1.54) is 6.42 Å². The van der Waals surface area contributed by atoms with E-state index in [2.05, 4.69) is 35.7 Å². The Kier molecular flexibility index (Phi) is 5.05. The van der Waals surface area contributed by atoms with Gasteiger partial charge in [-0.1, -0.05) is 0 Å². The molecule has 0 aromatic carbocycles. The van der Waals surface area contributed by atoms with Crippen LogP contribution in [-0.4, -0.2) is 91.6 Å². The average Bonchev–Trinajstić information content (AvgIpc) is 2.39. The van der Waals surface area contributed by atoms with Crippen molar-refractivity contribution in [2.45, 2.75) is 25.8 Å². The van der Waals surface area contributed by atoms with Crippen LogP contribution in [0.1, 0.15) is 19.8 Å². The zero-order valence-corrected chi connectivity index (χ0v) is 12.6. The molecule has 0 N–H and O–H groups in total. The molecule has 2 rings (SSSR count). The smallest absolute Gasteiger partial charge is 0.320 e. The molecule has 2 fully saturated rings. The Bertz CT molecular complexity index is 308. The Hall–Kier alpha value is -0.810. The first-order chi connectivity index (χ1) is 9.11. The second-order valence-electron chi connectivity index (χ2n) is 5.96. The highest BCUT2D eigenvalue weighted by atomic mass is 16.2. The first-order valence-corrected chi connectivity index (χ1v) is 7.54. The highest BCUT2D eigenvalue weighted by Crippen LogP contribution is 2.20. The topological polar surface area (TPSA) is 30.0 Å². The van der Waals surface area contributed by atoms with Gasteiger partial charge in [0.25, 0.3) is 0 Å². The summed E-state index contributed by atoms with van der Waals surface area (Å²) in [6, 6.07) is 0.704. The van der Waals surface area contributed by atoms with Crippen molar-refractivity contribution in [3.05, 3.63) is 0 Å². The monoisotopic (exact) mass is 268 g/mol. The van der Waals surface area contributed by atoms with Crippen molar-refractivity contribution in [2.24, 2.45) is 0 Å². The maximum absolute atomic E-state index is 12.2. The van der Waals surface area contributed by atoms with Crippen LogP contribution in [0.25, 0.3) is 0 Å². The van der Waals surface area contributed by atoms with E-state index in [1.807, 2.05) is 4.90 Å². The molecule has 0 aliphatic carbocycles. The van der Waals surface area contributed by atoms with Crippen molar-refractivity contribution in [1.29, 1.82) is 0 Å². The molecular weight excluding hydrogens is 240 g/mol. The minimum atomic E-state index is 0.256. The zero-order valence-electron chi connectivity index (χ0n) is 12.6. The van der Waals surface area contributed by atoms with Crippen LogP contribution >= 0.6 is 0 Å². The quantitative estimate of drug-likeness (QED) is 0.738. The van der Waals surface area contributed by atoms with Crippen LogP contribution in [0.5, 0.6) is 0 Å². The second kappa shape index (κ2) is 6.57. The lowest BCUT2D eigenvalue weighted by atomic mass is 10.1. The van der Waals surface area contributed by atoms with Gasteiger partial charge in [0.1, 0.15) is 0 Å². The Morgan fingerprint density at radius 3 is 2.74 bits per heavy atom. The first kappa shape index (κ1) is 14.6. The number of nitrogens with zero attached hydrogens (tertiary/aromatic N) is 4. The van der Waals surface area contributed by atoms with Gasteiger partial charge in [-0.2, -0.15) is 0 Å². The van der Waals surface area contributed by atoms with Crippen molar-refractivity contribution in [3.63, 3.8) is 0 Å². The van der Waals surface area contributed by atoms with Gasteiger partial charge in [-0.05, 0) is 47.0 Å². The number of carbonyl (C=O) groups excluding carboxylic acids is 1. The lowest BCUT2D eigenvalue weighted by molar-refractivity contribution is 0.0446. The van der Waals surface area contributed by atoms with Crippen LogP contribution in [0, 0.1) is 0 Å². The largest absolute Gasteiger partial charge is 0.325 e. The highest BCUT2D eigenvalue weighted by Gasteiger charge is 2.36. The van der Waals surface area contributed by atoms with Crippen molar-refractivity contribution in [1.82, 2.24) is 19.6 Å². The molecule has 2 aliphatic heterocycles. The maximum atomic E-state index is 12.2. The molecule has 0 spiro atoms. The van der Waals surface area contributed by atoms with Crippen LogP contribution in [-0.2, 0) is 0 Å². The molecule has 1 atom stereocenters. The molecule has 5 heteroatoms. The van der Waals surface area contributed by atoms with Crippen molar-refractivity contribution < 1.29 is 4.79 Å². The summed E-state index contributed by atoms with van der Waals surface area (Å²) >= 11 is 0. The Morgan fingerprint density at radius 1 is 1.26 bits per heavy atom. The molecule has 0 aromatic rings. The number of urea groups is 1. The van der Waals surface area contributed by atoms with Gasteiger partial charge in [-0.15, -0.1) is 0 Å². The van der Waals surface area contributed by atoms with Gasteiger partial charge in [-0.3, -0.25) is 4.90 Å². The number of piperazine rings is 1. The summed E-state index contributed by atoms with van der Waals surface area (Å²) in [5, 5.41) is 0. The van der Waals surface area contributed by atoms with Crippen LogP contribution in [0.3, 0.4) is 0 Å². The molecule has 0 saturated carbocycles. The van der Waals surface area contributed by atoms with Crippen LogP contribution in [0.15, 0.2) is 0 Å². The molecule has 19 heavy (non-hydrogen) atoms.